The van der Waals surface area contributed by atoms with Crippen LogP contribution in [-0.2, 0) is 4.79 Å². The summed E-state index contributed by atoms with van der Waals surface area (Å²) in [7, 11) is 0. The van der Waals surface area contributed by atoms with E-state index in [-0.39, 0.29) is 11.8 Å². The molecule has 2 saturated heterocycles. The molecule has 0 aliphatic carbocycles. The number of piperidine rings is 2. The van der Waals surface area contributed by atoms with E-state index in [1.165, 1.54) is 6.42 Å². The lowest BCUT2D eigenvalue weighted by molar-refractivity contribution is -0.139. The number of amides is 2. The van der Waals surface area contributed by atoms with Crippen LogP contribution in [0.4, 0.5) is 0 Å². The summed E-state index contributed by atoms with van der Waals surface area (Å²) in [6, 6.07) is 9.42. The summed E-state index contributed by atoms with van der Waals surface area (Å²) in [6.07, 6.45) is 2.79. The third-order valence-electron chi connectivity index (χ3n) is 5.33. The summed E-state index contributed by atoms with van der Waals surface area (Å²) in [5.41, 5.74) is 0.737. The molecule has 0 bridgehead atoms. The topological polar surface area (TPSA) is 40.6 Å². The summed E-state index contributed by atoms with van der Waals surface area (Å²) in [4.78, 5) is 29.3. The van der Waals surface area contributed by atoms with Gasteiger partial charge in [-0.1, -0.05) is 32.0 Å². The Balaban J connectivity index is 1.55. The first-order chi connectivity index (χ1) is 11.5. The van der Waals surface area contributed by atoms with Crippen molar-refractivity contribution in [2.24, 2.45) is 17.8 Å². The summed E-state index contributed by atoms with van der Waals surface area (Å²) in [6.45, 7) is 7.62. The summed E-state index contributed by atoms with van der Waals surface area (Å²) in [5.74, 6) is 1.67. The van der Waals surface area contributed by atoms with Crippen LogP contribution in [0, 0.1) is 17.8 Å². The fourth-order valence-corrected chi connectivity index (χ4v) is 4.19. The van der Waals surface area contributed by atoms with E-state index in [0.29, 0.717) is 30.8 Å². The van der Waals surface area contributed by atoms with Crippen LogP contribution in [0.25, 0.3) is 0 Å². The maximum absolute atomic E-state index is 12.8. The van der Waals surface area contributed by atoms with Gasteiger partial charge in [-0.25, -0.2) is 0 Å². The molecule has 0 saturated carbocycles. The highest BCUT2D eigenvalue weighted by Gasteiger charge is 2.33. The predicted octanol–water partition coefficient (Wildman–Crippen LogP) is 3.04. The second kappa shape index (κ2) is 7.37. The van der Waals surface area contributed by atoms with Gasteiger partial charge in [-0.2, -0.15) is 0 Å². The van der Waals surface area contributed by atoms with Crippen LogP contribution in [-0.4, -0.2) is 47.8 Å². The molecular formula is C20H28N2O2. The van der Waals surface area contributed by atoms with E-state index < -0.39 is 0 Å². The van der Waals surface area contributed by atoms with E-state index in [1.54, 1.807) is 0 Å². The van der Waals surface area contributed by atoms with Gasteiger partial charge in [-0.15, -0.1) is 0 Å². The molecule has 24 heavy (non-hydrogen) atoms. The maximum atomic E-state index is 12.8. The number of carbonyl (C=O) groups excluding carboxylic acids is 2. The number of rotatable bonds is 2. The molecule has 0 aromatic heterocycles. The van der Waals surface area contributed by atoms with Crippen molar-refractivity contribution in [1.29, 1.82) is 0 Å². The number of hydrogen-bond donors (Lipinski definition) is 0. The van der Waals surface area contributed by atoms with Gasteiger partial charge < -0.3 is 9.80 Å². The first-order valence-corrected chi connectivity index (χ1v) is 9.17. The van der Waals surface area contributed by atoms with Crippen molar-refractivity contribution < 1.29 is 9.59 Å². The van der Waals surface area contributed by atoms with Gasteiger partial charge >= 0.3 is 0 Å². The average molecular weight is 328 g/mol. The Morgan fingerprint density at radius 2 is 1.50 bits per heavy atom. The van der Waals surface area contributed by atoms with Crippen LogP contribution in [0.3, 0.4) is 0 Å². The highest BCUT2D eigenvalue weighted by Crippen LogP contribution is 2.26. The second-order valence-corrected chi connectivity index (χ2v) is 7.62. The molecule has 0 spiro atoms. The highest BCUT2D eigenvalue weighted by atomic mass is 16.2. The molecule has 4 heteroatoms. The Morgan fingerprint density at radius 3 is 2.08 bits per heavy atom. The van der Waals surface area contributed by atoms with Gasteiger partial charge in [-0.05, 0) is 43.2 Å². The van der Waals surface area contributed by atoms with Crippen molar-refractivity contribution >= 4 is 11.8 Å². The number of likely N-dealkylation sites (tertiary alicyclic amines) is 2. The maximum Gasteiger partial charge on any atom is 0.253 e. The number of benzene rings is 1. The lowest BCUT2D eigenvalue weighted by atomic mass is 9.89. The fourth-order valence-electron chi connectivity index (χ4n) is 4.19. The minimum Gasteiger partial charge on any atom is -0.342 e. The van der Waals surface area contributed by atoms with E-state index in [9.17, 15) is 9.59 Å². The molecule has 1 aromatic carbocycles. The van der Waals surface area contributed by atoms with Crippen LogP contribution in [0.2, 0.25) is 0 Å². The first-order valence-electron chi connectivity index (χ1n) is 9.17. The van der Waals surface area contributed by atoms with Gasteiger partial charge in [0.05, 0.1) is 0 Å². The third kappa shape index (κ3) is 3.80. The molecule has 2 atom stereocenters. The van der Waals surface area contributed by atoms with Gasteiger partial charge in [0.25, 0.3) is 5.91 Å². The van der Waals surface area contributed by atoms with Crippen molar-refractivity contribution in [3.05, 3.63) is 35.9 Å². The SMILES string of the molecule is CC1CC(C)CN(C(=O)C2CCN(C(=O)c3ccccc3)CC2)C1. The summed E-state index contributed by atoms with van der Waals surface area (Å²) >= 11 is 0. The van der Waals surface area contributed by atoms with Crippen LogP contribution in [0.15, 0.2) is 30.3 Å². The van der Waals surface area contributed by atoms with Gasteiger partial charge in [0.2, 0.25) is 5.91 Å². The van der Waals surface area contributed by atoms with E-state index in [0.717, 1.165) is 31.5 Å². The van der Waals surface area contributed by atoms with Gasteiger partial charge in [0.1, 0.15) is 0 Å². The highest BCUT2D eigenvalue weighted by molar-refractivity contribution is 5.94. The number of nitrogens with zero attached hydrogens (tertiary/aromatic N) is 2. The average Bonchev–Trinajstić information content (AvgIpc) is 2.60. The van der Waals surface area contributed by atoms with Crippen LogP contribution in [0.1, 0.15) is 43.5 Å². The molecule has 2 aliphatic heterocycles. The Morgan fingerprint density at radius 1 is 0.917 bits per heavy atom. The molecule has 3 rings (SSSR count). The molecule has 130 valence electrons. The molecule has 2 fully saturated rings. The van der Waals surface area contributed by atoms with Crippen LogP contribution >= 0.6 is 0 Å². The second-order valence-electron chi connectivity index (χ2n) is 7.62. The van der Waals surface area contributed by atoms with E-state index in [1.807, 2.05) is 35.2 Å². The summed E-state index contributed by atoms with van der Waals surface area (Å²) < 4.78 is 0. The lowest BCUT2D eigenvalue weighted by Gasteiger charge is -2.39. The van der Waals surface area contributed by atoms with Gasteiger partial charge in [0, 0.05) is 37.7 Å². The molecule has 4 nitrogen and oxygen atoms in total. The monoisotopic (exact) mass is 328 g/mol. The van der Waals surface area contributed by atoms with Gasteiger partial charge in [-0.3, -0.25) is 9.59 Å². The van der Waals surface area contributed by atoms with E-state index >= 15 is 0 Å². The van der Waals surface area contributed by atoms with Crippen molar-refractivity contribution in [2.45, 2.75) is 33.1 Å². The first kappa shape index (κ1) is 17.0. The Bertz CT molecular complexity index is 569. The molecule has 1 aromatic rings. The van der Waals surface area contributed by atoms with E-state index in [4.69, 9.17) is 0 Å². The van der Waals surface area contributed by atoms with Crippen molar-refractivity contribution in [3.63, 3.8) is 0 Å². The zero-order valence-corrected chi connectivity index (χ0v) is 14.8. The van der Waals surface area contributed by atoms with Crippen LogP contribution in [0.5, 0.6) is 0 Å². The minimum absolute atomic E-state index is 0.0849. The zero-order chi connectivity index (χ0) is 17.1. The van der Waals surface area contributed by atoms with Crippen molar-refractivity contribution in [3.8, 4) is 0 Å². The van der Waals surface area contributed by atoms with Gasteiger partial charge in [0.15, 0.2) is 0 Å². The predicted molar refractivity (Wildman–Crippen MR) is 94.6 cm³/mol. The molecular weight excluding hydrogens is 300 g/mol. The van der Waals surface area contributed by atoms with Crippen molar-refractivity contribution in [2.75, 3.05) is 26.2 Å². The van der Waals surface area contributed by atoms with Crippen LogP contribution < -0.4 is 0 Å². The number of carbonyl (C=O) groups is 2. The number of hydrogen-bond acceptors (Lipinski definition) is 2. The molecule has 0 radical (unpaired) electrons. The standard InChI is InChI=1S/C20H28N2O2/c1-15-12-16(2)14-22(13-15)20(24)18-8-10-21(11-9-18)19(23)17-6-4-3-5-7-17/h3-7,15-16,18H,8-14H2,1-2H3. The molecule has 2 amide bonds. The van der Waals surface area contributed by atoms with E-state index in [2.05, 4.69) is 18.7 Å². The largest absolute Gasteiger partial charge is 0.342 e. The molecule has 2 unspecified atom stereocenters. The zero-order valence-electron chi connectivity index (χ0n) is 14.8. The van der Waals surface area contributed by atoms with Crippen molar-refractivity contribution in [1.82, 2.24) is 9.80 Å². The fraction of sp³-hybridized carbons (Fsp3) is 0.600. The third-order valence-corrected chi connectivity index (χ3v) is 5.33. The Hall–Kier alpha value is -1.84. The quantitative estimate of drug-likeness (QED) is 0.837. The molecule has 0 N–H and O–H groups in total. The molecule has 2 aliphatic rings. The smallest absolute Gasteiger partial charge is 0.253 e. The Kier molecular flexibility index (Phi) is 5.22. The summed E-state index contributed by atoms with van der Waals surface area (Å²) in [5, 5.41) is 0. The normalized spacial score (nSPS) is 25.6. The minimum atomic E-state index is 0.0849. The lowest BCUT2D eigenvalue weighted by Crippen LogP contribution is -2.48. The molecule has 2 heterocycles. The Labute approximate surface area is 144 Å².